The summed E-state index contributed by atoms with van der Waals surface area (Å²) in [6.45, 7) is 0.897. The van der Waals surface area contributed by atoms with E-state index in [1.54, 1.807) is 0 Å². The van der Waals surface area contributed by atoms with Gasteiger partial charge in [0.2, 0.25) is 0 Å². The van der Waals surface area contributed by atoms with Crippen LogP contribution in [0.2, 0.25) is 0 Å². The molecule has 180 valence electrons. The third-order valence-electron chi connectivity index (χ3n) is 5.57. The van der Waals surface area contributed by atoms with Crippen molar-refractivity contribution < 1.29 is 34.2 Å². The van der Waals surface area contributed by atoms with E-state index in [-0.39, 0.29) is 6.54 Å². The summed E-state index contributed by atoms with van der Waals surface area (Å²) in [4.78, 5) is 33.4. The molecule has 0 aliphatic rings. The molecule has 0 aromatic heterocycles. The van der Waals surface area contributed by atoms with E-state index in [1.807, 2.05) is 12.2 Å². The highest BCUT2D eigenvalue weighted by Crippen LogP contribution is 2.13. The van der Waals surface area contributed by atoms with Crippen LogP contribution in [-0.4, -0.2) is 63.9 Å². The number of hydrogen-bond donors (Lipinski definition) is 3. The molecule has 0 aliphatic carbocycles. The molecule has 7 nitrogen and oxygen atoms in total. The van der Waals surface area contributed by atoms with Gasteiger partial charge in [0.15, 0.2) is 19.6 Å². The van der Waals surface area contributed by atoms with Crippen molar-refractivity contribution in [2.24, 2.45) is 0 Å². The van der Waals surface area contributed by atoms with Gasteiger partial charge < -0.3 is 15.3 Å². The number of carboxylic acid groups (broad SMARTS) is 3. The molecular formula is C24H44NO6+. The average Bonchev–Trinajstić information content (AvgIpc) is 2.66. The van der Waals surface area contributed by atoms with Crippen LogP contribution in [0.5, 0.6) is 0 Å². The fraction of sp³-hybridized carbons (Fsp3) is 0.792. The van der Waals surface area contributed by atoms with Crippen LogP contribution in [0.4, 0.5) is 0 Å². The van der Waals surface area contributed by atoms with E-state index in [0.29, 0.717) is 6.42 Å². The summed E-state index contributed by atoms with van der Waals surface area (Å²) in [5, 5.41) is 27.3. The summed E-state index contributed by atoms with van der Waals surface area (Å²) in [6.07, 6.45) is 21.0. The predicted molar refractivity (Wildman–Crippen MR) is 122 cm³/mol. The maximum atomic E-state index is 11.1. The Kier molecular flexibility index (Phi) is 17.7. The predicted octanol–water partition coefficient (Wildman–Crippen LogP) is 5.09. The molecule has 0 aromatic carbocycles. The molecule has 0 aromatic rings. The van der Waals surface area contributed by atoms with Gasteiger partial charge in [-0.05, 0) is 12.8 Å². The number of unbranched alkanes of at least 4 members (excludes halogenated alkanes) is 12. The molecule has 0 saturated carbocycles. The molecule has 0 fully saturated rings. The van der Waals surface area contributed by atoms with Gasteiger partial charge in [0.25, 0.3) is 0 Å². The first-order valence-electron chi connectivity index (χ1n) is 12.0. The van der Waals surface area contributed by atoms with Crippen LogP contribution in [0.1, 0.15) is 96.8 Å². The van der Waals surface area contributed by atoms with E-state index in [1.165, 1.54) is 70.6 Å². The zero-order valence-electron chi connectivity index (χ0n) is 19.4. The lowest BCUT2D eigenvalue weighted by Gasteiger charge is -2.33. The highest BCUT2D eigenvalue weighted by Gasteiger charge is 2.35. The zero-order chi connectivity index (χ0) is 23.4. The molecule has 0 rings (SSSR count). The van der Waals surface area contributed by atoms with Crippen molar-refractivity contribution in [3.63, 3.8) is 0 Å². The van der Waals surface area contributed by atoms with Crippen molar-refractivity contribution in [2.45, 2.75) is 96.8 Å². The quantitative estimate of drug-likeness (QED) is 0.122. The van der Waals surface area contributed by atoms with Gasteiger partial charge >= 0.3 is 17.9 Å². The second-order valence-corrected chi connectivity index (χ2v) is 8.66. The maximum absolute atomic E-state index is 11.1. The number of carbonyl (C=O) groups is 3. The molecule has 0 spiro atoms. The lowest BCUT2D eigenvalue weighted by atomic mass is 10.0. The Morgan fingerprint density at radius 3 is 1.32 bits per heavy atom. The first-order valence-corrected chi connectivity index (χ1v) is 12.0. The fourth-order valence-electron chi connectivity index (χ4n) is 3.95. The molecule has 0 bridgehead atoms. The molecule has 0 unspecified atom stereocenters. The Balaban J connectivity index is 3.95. The molecule has 31 heavy (non-hydrogen) atoms. The van der Waals surface area contributed by atoms with Gasteiger partial charge in [-0.1, -0.05) is 89.7 Å². The Hall–Kier alpha value is -1.89. The van der Waals surface area contributed by atoms with Crippen molar-refractivity contribution in [2.75, 3.05) is 26.2 Å². The van der Waals surface area contributed by atoms with E-state index in [4.69, 9.17) is 15.3 Å². The van der Waals surface area contributed by atoms with Gasteiger partial charge in [0, 0.05) is 6.42 Å². The lowest BCUT2D eigenvalue weighted by Crippen LogP contribution is -2.57. The van der Waals surface area contributed by atoms with Crippen LogP contribution < -0.4 is 0 Å². The molecule has 0 atom stereocenters. The summed E-state index contributed by atoms with van der Waals surface area (Å²) < 4.78 is -0.483. The van der Waals surface area contributed by atoms with Gasteiger partial charge in [0.05, 0.1) is 6.54 Å². The number of carboxylic acids is 3. The number of quaternary nitrogens is 1. The Labute approximate surface area is 187 Å². The van der Waals surface area contributed by atoms with Crippen molar-refractivity contribution in [3.8, 4) is 0 Å². The third-order valence-corrected chi connectivity index (χ3v) is 5.57. The van der Waals surface area contributed by atoms with Crippen molar-refractivity contribution in [1.82, 2.24) is 0 Å². The topological polar surface area (TPSA) is 112 Å². The largest absolute Gasteiger partial charge is 0.477 e. The van der Waals surface area contributed by atoms with Crippen LogP contribution >= 0.6 is 0 Å². The minimum absolute atomic E-state index is 0.180. The summed E-state index contributed by atoms with van der Waals surface area (Å²) in [7, 11) is 0. The van der Waals surface area contributed by atoms with Crippen LogP contribution in [0, 0.1) is 0 Å². The normalized spacial score (nSPS) is 11.8. The summed E-state index contributed by atoms with van der Waals surface area (Å²) >= 11 is 0. The smallest absolute Gasteiger partial charge is 0.359 e. The highest BCUT2D eigenvalue weighted by atomic mass is 16.4. The Morgan fingerprint density at radius 1 is 0.581 bits per heavy atom. The first kappa shape index (κ1) is 29.1. The number of hydrogen-bond acceptors (Lipinski definition) is 3. The average molecular weight is 443 g/mol. The van der Waals surface area contributed by atoms with Gasteiger partial charge in [0.1, 0.15) is 0 Å². The maximum Gasteiger partial charge on any atom is 0.359 e. The van der Waals surface area contributed by atoms with Gasteiger partial charge in [-0.25, -0.2) is 14.4 Å². The number of rotatable bonds is 22. The monoisotopic (exact) mass is 442 g/mol. The first-order chi connectivity index (χ1) is 14.8. The molecule has 0 heterocycles. The lowest BCUT2D eigenvalue weighted by molar-refractivity contribution is -0.907. The SMILES string of the molecule is CCCCCCCCCCCCCC/C=C/CC[N+](CC(=O)O)(CC(=O)O)CC(=O)O. The number of allylic oxidation sites excluding steroid dienone is 1. The van der Waals surface area contributed by atoms with Gasteiger partial charge in [-0.2, -0.15) is 0 Å². The third kappa shape index (κ3) is 18.6. The standard InChI is InChI=1S/C24H43NO6/c1-2-3-4-5-6-7-8-9-10-11-12-13-14-15-16-17-18-25(19-22(26)27,20-23(28)29)21-24(30)31/h15-16H,2-14,17-21H2,1H3,(H2-,26,27,28,29,30,31)/p+1/b16-15+. The van der Waals surface area contributed by atoms with Crippen molar-refractivity contribution in [1.29, 1.82) is 0 Å². The van der Waals surface area contributed by atoms with Crippen LogP contribution in [0.3, 0.4) is 0 Å². The van der Waals surface area contributed by atoms with E-state index in [0.717, 1.165) is 12.8 Å². The summed E-state index contributed by atoms with van der Waals surface area (Å²) in [6, 6.07) is 0. The Bertz CT molecular complexity index is 491. The summed E-state index contributed by atoms with van der Waals surface area (Å²) in [5.74, 6) is -3.58. The minimum Gasteiger partial charge on any atom is -0.477 e. The van der Waals surface area contributed by atoms with Crippen molar-refractivity contribution >= 4 is 17.9 Å². The van der Waals surface area contributed by atoms with Gasteiger partial charge in [-0.15, -0.1) is 0 Å². The zero-order valence-corrected chi connectivity index (χ0v) is 19.4. The van der Waals surface area contributed by atoms with E-state index < -0.39 is 42.0 Å². The molecule has 3 N–H and O–H groups in total. The van der Waals surface area contributed by atoms with E-state index in [2.05, 4.69) is 6.92 Å². The van der Waals surface area contributed by atoms with Crippen LogP contribution in [0.25, 0.3) is 0 Å². The van der Waals surface area contributed by atoms with Crippen molar-refractivity contribution in [3.05, 3.63) is 12.2 Å². The molecular weight excluding hydrogens is 398 g/mol. The number of aliphatic carboxylic acids is 3. The number of nitrogens with zero attached hydrogens (tertiary/aromatic N) is 1. The molecule has 0 saturated heterocycles. The molecule has 0 radical (unpaired) electrons. The van der Waals surface area contributed by atoms with Crippen LogP contribution in [0.15, 0.2) is 12.2 Å². The fourth-order valence-corrected chi connectivity index (χ4v) is 3.95. The molecule has 0 aliphatic heterocycles. The molecule has 7 heteroatoms. The Morgan fingerprint density at radius 2 is 0.935 bits per heavy atom. The summed E-state index contributed by atoms with van der Waals surface area (Å²) in [5.41, 5.74) is 0. The molecule has 0 amide bonds. The minimum atomic E-state index is -1.19. The highest BCUT2D eigenvalue weighted by molar-refractivity contribution is 5.73. The van der Waals surface area contributed by atoms with E-state index in [9.17, 15) is 14.4 Å². The van der Waals surface area contributed by atoms with E-state index >= 15 is 0 Å². The van der Waals surface area contributed by atoms with Crippen LogP contribution in [-0.2, 0) is 14.4 Å². The second kappa shape index (κ2) is 18.8. The van der Waals surface area contributed by atoms with Gasteiger partial charge in [-0.3, -0.25) is 4.48 Å². The second-order valence-electron chi connectivity index (χ2n) is 8.66.